The van der Waals surface area contributed by atoms with Crippen LogP contribution >= 0.6 is 11.6 Å². The molecule has 19 heavy (non-hydrogen) atoms. The van der Waals surface area contributed by atoms with Gasteiger partial charge in [-0.2, -0.15) is 0 Å². The summed E-state index contributed by atoms with van der Waals surface area (Å²) in [5.41, 5.74) is 2.07. The number of benzene rings is 1. The van der Waals surface area contributed by atoms with Gasteiger partial charge < -0.3 is 10.2 Å². The number of sulfone groups is 1. The molecular formula is C13H19ClN2O2S. The zero-order valence-corrected chi connectivity index (χ0v) is 12.6. The topological polar surface area (TPSA) is 49.4 Å². The third-order valence-electron chi connectivity index (χ3n) is 3.28. The molecule has 0 amide bonds. The molecule has 1 aromatic carbocycles. The van der Waals surface area contributed by atoms with E-state index >= 15 is 0 Å². The molecular weight excluding hydrogens is 284 g/mol. The zero-order chi connectivity index (χ0) is 13.9. The Labute approximate surface area is 119 Å². The van der Waals surface area contributed by atoms with Crippen molar-refractivity contribution in [1.82, 2.24) is 5.32 Å². The molecule has 0 saturated carbocycles. The second kappa shape index (κ2) is 6.11. The third kappa shape index (κ3) is 3.84. The van der Waals surface area contributed by atoms with Gasteiger partial charge in [0.25, 0.3) is 0 Å². The van der Waals surface area contributed by atoms with Crippen LogP contribution in [0, 0.1) is 0 Å². The highest BCUT2D eigenvalue weighted by molar-refractivity contribution is 7.91. The van der Waals surface area contributed by atoms with Crippen LogP contribution in [0.2, 0.25) is 5.02 Å². The maximum Gasteiger partial charge on any atom is 0.153 e. The predicted octanol–water partition coefficient (Wildman–Crippen LogP) is 1.68. The Morgan fingerprint density at radius 1 is 1.32 bits per heavy atom. The van der Waals surface area contributed by atoms with Crippen molar-refractivity contribution in [2.45, 2.75) is 13.5 Å². The summed E-state index contributed by atoms with van der Waals surface area (Å²) in [6, 6.07) is 5.96. The van der Waals surface area contributed by atoms with Gasteiger partial charge in [0.2, 0.25) is 0 Å². The van der Waals surface area contributed by atoms with E-state index in [1.807, 2.05) is 23.1 Å². The predicted molar refractivity (Wildman–Crippen MR) is 79.7 cm³/mol. The minimum atomic E-state index is -2.85. The first-order valence-electron chi connectivity index (χ1n) is 6.46. The summed E-state index contributed by atoms with van der Waals surface area (Å²) in [5.74, 6) is 0.422. The maximum atomic E-state index is 11.4. The van der Waals surface area contributed by atoms with Crippen LogP contribution in [-0.2, 0) is 16.4 Å². The summed E-state index contributed by atoms with van der Waals surface area (Å²) >= 11 is 6.29. The van der Waals surface area contributed by atoms with Gasteiger partial charge in [-0.1, -0.05) is 24.6 Å². The lowest BCUT2D eigenvalue weighted by molar-refractivity contribution is 0.587. The lowest BCUT2D eigenvalue weighted by atomic mass is 10.2. The molecule has 4 nitrogen and oxygen atoms in total. The molecule has 0 bridgehead atoms. The van der Waals surface area contributed by atoms with E-state index in [1.54, 1.807) is 0 Å². The van der Waals surface area contributed by atoms with E-state index in [2.05, 4.69) is 12.2 Å². The zero-order valence-electron chi connectivity index (χ0n) is 11.0. The van der Waals surface area contributed by atoms with Crippen LogP contribution in [0.25, 0.3) is 0 Å². The van der Waals surface area contributed by atoms with Crippen molar-refractivity contribution in [3.8, 4) is 0 Å². The van der Waals surface area contributed by atoms with Gasteiger partial charge in [0.05, 0.1) is 22.2 Å². The first-order valence-corrected chi connectivity index (χ1v) is 8.66. The second-order valence-electron chi connectivity index (χ2n) is 4.70. The lowest BCUT2D eigenvalue weighted by Crippen LogP contribution is -2.40. The Balaban J connectivity index is 2.09. The fourth-order valence-corrected chi connectivity index (χ4v) is 3.66. The SMILES string of the molecule is CCNCc1ccc(N2CCS(=O)(=O)CC2)c(Cl)c1. The number of nitrogens with one attached hydrogen (secondary N) is 1. The van der Waals surface area contributed by atoms with E-state index in [4.69, 9.17) is 11.6 Å². The summed E-state index contributed by atoms with van der Waals surface area (Å²) in [7, 11) is -2.85. The average Bonchev–Trinajstić information content (AvgIpc) is 2.37. The molecule has 1 N–H and O–H groups in total. The molecule has 1 aromatic rings. The number of anilines is 1. The number of nitrogens with zero attached hydrogens (tertiary/aromatic N) is 1. The normalized spacial score (nSPS) is 18.5. The Kier molecular flexibility index (Phi) is 4.71. The van der Waals surface area contributed by atoms with Crippen molar-refractivity contribution in [2.75, 3.05) is 36.0 Å². The Hall–Kier alpha value is -0.780. The van der Waals surface area contributed by atoms with Crippen LogP contribution in [0.5, 0.6) is 0 Å². The molecule has 1 aliphatic rings. The van der Waals surface area contributed by atoms with E-state index in [9.17, 15) is 8.42 Å². The van der Waals surface area contributed by atoms with Crippen LogP contribution in [-0.4, -0.2) is 39.6 Å². The molecule has 0 unspecified atom stereocenters. The van der Waals surface area contributed by atoms with Gasteiger partial charge in [-0.25, -0.2) is 8.42 Å². The minimum absolute atomic E-state index is 0.211. The summed E-state index contributed by atoms with van der Waals surface area (Å²) in [5, 5.41) is 3.94. The quantitative estimate of drug-likeness (QED) is 0.919. The molecule has 0 aliphatic carbocycles. The molecule has 0 spiro atoms. The monoisotopic (exact) mass is 302 g/mol. The van der Waals surface area contributed by atoms with Gasteiger partial charge in [0.15, 0.2) is 9.84 Å². The van der Waals surface area contributed by atoms with Crippen LogP contribution in [0.4, 0.5) is 5.69 Å². The largest absolute Gasteiger partial charge is 0.368 e. The highest BCUT2D eigenvalue weighted by Crippen LogP contribution is 2.28. The number of hydrogen-bond donors (Lipinski definition) is 1. The van der Waals surface area contributed by atoms with Crippen LogP contribution in [0.15, 0.2) is 18.2 Å². The van der Waals surface area contributed by atoms with Gasteiger partial charge in [0.1, 0.15) is 0 Å². The Morgan fingerprint density at radius 2 is 2.00 bits per heavy atom. The molecule has 0 atom stereocenters. The lowest BCUT2D eigenvalue weighted by Gasteiger charge is -2.29. The van der Waals surface area contributed by atoms with E-state index in [-0.39, 0.29) is 11.5 Å². The van der Waals surface area contributed by atoms with Gasteiger partial charge in [-0.05, 0) is 24.2 Å². The van der Waals surface area contributed by atoms with Crippen LogP contribution in [0.3, 0.4) is 0 Å². The summed E-state index contributed by atoms with van der Waals surface area (Å²) < 4.78 is 22.8. The van der Waals surface area contributed by atoms with Crippen LogP contribution < -0.4 is 10.2 Å². The minimum Gasteiger partial charge on any atom is -0.368 e. The second-order valence-corrected chi connectivity index (χ2v) is 7.42. The first-order chi connectivity index (χ1) is 9.02. The molecule has 1 fully saturated rings. The van der Waals surface area contributed by atoms with Crippen molar-refractivity contribution in [2.24, 2.45) is 0 Å². The van der Waals surface area contributed by atoms with E-state index < -0.39 is 9.84 Å². The first kappa shape index (κ1) is 14.6. The number of rotatable bonds is 4. The van der Waals surface area contributed by atoms with Crippen LogP contribution in [0.1, 0.15) is 12.5 Å². The summed E-state index contributed by atoms with van der Waals surface area (Å²) in [4.78, 5) is 2.04. The van der Waals surface area contributed by atoms with E-state index in [0.29, 0.717) is 18.1 Å². The van der Waals surface area contributed by atoms with Crippen molar-refractivity contribution in [3.05, 3.63) is 28.8 Å². The molecule has 2 rings (SSSR count). The smallest absolute Gasteiger partial charge is 0.153 e. The van der Waals surface area contributed by atoms with Gasteiger partial charge in [-0.3, -0.25) is 0 Å². The van der Waals surface area contributed by atoms with Gasteiger partial charge in [-0.15, -0.1) is 0 Å². The average molecular weight is 303 g/mol. The molecule has 1 aliphatic heterocycles. The molecule has 106 valence electrons. The third-order valence-corrected chi connectivity index (χ3v) is 5.19. The Morgan fingerprint density at radius 3 is 2.58 bits per heavy atom. The highest BCUT2D eigenvalue weighted by atomic mass is 35.5. The summed E-state index contributed by atoms with van der Waals surface area (Å²) in [6.07, 6.45) is 0. The molecule has 0 radical (unpaired) electrons. The van der Waals surface area contributed by atoms with Crippen molar-refractivity contribution in [3.63, 3.8) is 0 Å². The number of halogens is 1. The molecule has 1 saturated heterocycles. The standard InChI is InChI=1S/C13H19ClN2O2S/c1-2-15-10-11-3-4-13(12(14)9-11)16-5-7-19(17,18)8-6-16/h3-4,9,15H,2,5-8,10H2,1H3. The fourth-order valence-electron chi connectivity index (χ4n) is 2.14. The fraction of sp³-hybridized carbons (Fsp3) is 0.538. The van der Waals surface area contributed by atoms with Crippen molar-refractivity contribution in [1.29, 1.82) is 0 Å². The number of hydrogen-bond acceptors (Lipinski definition) is 4. The van der Waals surface area contributed by atoms with Crippen molar-refractivity contribution < 1.29 is 8.42 Å². The highest BCUT2D eigenvalue weighted by Gasteiger charge is 2.22. The summed E-state index contributed by atoms with van der Waals surface area (Å²) in [6.45, 7) is 4.82. The van der Waals surface area contributed by atoms with E-state index in [1.165, 1.54) is 0 Å². The Bertz CT molecular complexity index is 532. The van der Waals surface area contributed by atoms with Crippen molar-refractivity contribution >= 4 is 27.1 Å². The molecule has 0 aromatic heterocycles. The maximum absolute atomic E-state index is 11.4. The molecule has 1 heterocycles. The molecule has 6 heteroatoms. The van der Waals surface area contributed by atoms with E-state index in [0.717, 1.165) is 24.3 Å². The van der Waals surface area contributed by atoms with Gasteiger partial charge in [0, 0.05) is 19.6 Å². The van der Waals surface area contributed by atoms with Gasteiger partial charge >= 0.3 is 0 Å².